The van der Waals surface area contributed by atoms with E-state index >= 15 is 0 Å². The summed E-state index contributed by atoms with van der Waals surface area (Å²) in [6.07, 6.45) is 13.1. The van der Waals surface area contributed by atoms with Crippen molar-refractivity contribution >= 4 is 66.6 Å². The minimum Gasteiger partial charge on any atom is -1.00 e. The maximum absolute atomic E-state index is 11.8. The first kappa shape index (κ1) is 118. The first-order valence-electron chi connectivity index (χ1n) is 37.7. The first-order valence-corrected chi connectivity index (χ1v) is 38.1. The minimum absolute atomic E-state index is 0. The van der Waals surface area contributed by atoms with E-state index in [1.54, 1.807) is 59.0 Å². The molecule has 0 aromatic heterocycles. The number of Topliss-reactive ketones (excluding diaryl/α,β-unsaturated/α-hetero) is 1. The molecule has 0 spiro atoms. The van der Waals surface area contributed by atoms with Gasteiger partial charge in [0.1, 0.15) is 12.1 Å². The molecule has 6 aromatic carbocycles. The fraction of sp³-hybridized carbons (Fsp3) is 0.483. The van der Waals surface area contributed by atoms with E-state index in [1.165, 1.54) is 52.8 Å². The van der Waals surface area contributed by atoms with E-state index in [4.69, 9.17) is 47.6 Å². The zero-order chi connectivity index (χ0) is 83.0. The van der Waals surface area contributed by atoms with Crippen LogP contribution in [0, 0.1) is 7.43 Å². The topological polar surface area (TPSA) is 299 Å². The number of likely N-dealkylation sites (N-methyl/N-ethyl adjacent to an activating group) is 1. The number of carbonyl (C=O) groups excluding carboxylic acids is 7. The molecule has 0 amide bonds. The number of esters is 5. The quantitative estimate of drug-likeness (QED) is 0.00232. The van der Waals surface area contributed by atoms with Crippen molar-refractivity contribution in [1.29, 1.82) is 0 Å². The fourth-order valence-electron chi connectivity index (χ4n) is 9.95. The number of ether oxygens (including phenoxy) is 5. The van der Waals surface area contributed by atoms with Gasteiger partial charge in [-0.05, 0) is 285 Å². The molecule has 0 fully saturated rings. The first-order chi connectivity index (χ1) is 52.6. The van der Waals surface area contributed by atoms with Crippen molar-refractivity contribution in [3.05, 3.63) is 221 Å². The number of nitrogens with two attached hydrogens (primary N) is 2. The second-order valence-corrected chi connectivity index (χ2v) is 26.5. The van der Waals surface area contributed by atoms with Crippen LogP contribution in [0.2, 0.25) is 0 Å². The van der Waals surface area contributed by atoms with Crippen LogP contribution in [0.1, 0.15) is 147 Å². The number of ketones is 1. The zero-order valence-electron chi connectivity index (χ0n) is 72.8. The van der Waals surface area contributed by atoms with Crippen LogP contribution < -0.4 is 46.3 Å². The molecular formula is C87H136BClN9NaO14Pd-. The smallest absolute Gasteiger partial charge is 1.00 e. The van der Waals surface area contributed by atoms with Gasteiger partial charge >= 0.3 is 64.6 Å². The van der Waals surface area contributed by atoms with E-state index < -0.39 is 35.0 Å². The Balaban J connectivity index is -0.000000238. The predicted molar refractivity (Wildman–Crippen MR) is 457 cm³/mol. The summed E-state index contributed by atoms with van der Waals surface area (Å²) < 4.78 is 23.7. The fourth-order valence-corrected chi connectivity index (χ4v) is 10.0. The van der Waals surface area contributed by atoms with Crippen molar-refractivity contribution in [2.45, 2.75) is 124 Å². The molecule has 0 bridgehead atoms. The van der Waals surface area contributed by atoms with Crippen LogP contribution in [-0.4, -0.2) is 247 Å². The molecule has 6 rings (SSSR count). The SMILES string of the molecule is CCOC(=O)/C(=N/O)c1ccc(CCCN(C)C)cc1.CCOC(=O)C(=O)Cl.CCOC(=O)C(=O)c1ccc(CCCN(C)C)cc1.CCOC(=O)C(N)c1ccc(CCCN(C)C)cc1.CCOC(=O)C(NC)c1ccc(CCCN(C)C)cc1.CN(C)CCCc1ccccc1.CO.NCCCc1ccccc1.[B].[CH3-].[H-].[Na+].[Pd]. The van der Waals surface area contributed by atoms with Crippen LogP contribution in [0.25, 0.3) is 0 Å². The molecule has 23 nitrogen and oxygen atoms in total. The largest absolute Gasteiger partial charge is 1.00 e. The molecule has 0 saturated carbocycles. The number of rotatable bonds is 38. The Bertz CT molecular complexity index is 3420. The molecule has 0 aliphatic rings. The average Bonchev–Trinajstić information content (AvgIpc) is 0.868. The summed E-state index contributed by atoms with van der Waals surface area (Å²) in [5, 5.41) is 20.9. The van der Waals surface area contributed by atoms with Gasteiger partial charge in [-0.2, -0.15) is 0 Å². The van der Waals surface area contributed by atoms with Crippen molar-refractivity contribution in [3.63, 3.8) is 0 Å². The summed E-state index contributed by atoms with van der Waals surface area (Å²) >= 11 is 4.69. The van der Waals surface area contributed by atoms with Crippen LogP contribution in [0.3, 0.4) is 0 Å². The van der Waals surface area contributed by atoms with Gasteiger partial charge in [-0.3, -0.25) is 9.59 Å². The number of oxime groups is 1. The van der Waals surface area contributed by atoms with Crippen LogP contribution in [0.15, 0.2) is 163 Å². The standard InChI is InChI=1S/C16H26N2O2.C15H22N2O3.C15H24N2O2.C15H21NO3.C11H17N.C9H13N.C4H5ClO3.CH4O.CH3.B.Na.Pd.H/c1-5-20-16(19)15(17-2)14-10-8-13(9-11-14)7-6-12-18(3)4;1-4-20-15(18)14(16-19)13-9-7-12(8-10-13)6-5-11-17(2)3;1-4-19-15(18)14(16)13-9-7-12(8-10-13)6-5-11-17(2)3;1-4-19-15(18)14(17)13-9-7-12(8-10-13)6-5-11-16(2)3;1-12(2)10-6-9-11-7-4-3-5-8-11;10-8-4-7-9-5-2-1-3-6-9;1-2-8-4(7)3(5)6;1-2;;;;;/h8-11,15,17H,5-7,12H2,1-4H3;7-10,19H,4-6,11H2,1-3H3;7-10,14H,4-6,11,16H2,1-3H3;7-10H,4-6,11H2,1-3H3;3-5,7-8H,6,9-10H2,1-2H3;1-3,5-6H,4,7-8,10H2;2H2,1H3;2H,1H3;1H3;;;;/q;;;;;;;;-1;;+1;;-1/b;16-14+;;;;;;;;;;;. The normalized spacial score (nSPS) is 10.7. The predicted octanol–water partition coefficient (Wildman–Crippen LogP) is 8.46. The number of aliphatic hydroxyl groups excluding tert-OH is 1. The van der Waals surface area contributed by atoms with Crippen LogP contribution in [0.4, 0.5) is 0 Å². The van der Waals surface area contributed by atoms with Gasteiger partial charge in [-0.15, -0.1) is 0 Å². The third kappa shape index (κ3) is 59.8. The van der Waals surface area contributed by atoms with Crippen LogP contribution in [-0.2, 0) is 111 Å². The molecule has 0 aliphatic heterocycles. The van der Waals surface area contributed by atoms with E-state index in [0.717, 1.165) is 115 Å². The summed E-state index contributed by atoms with van der Waals surface area (Å²) in [7, 11) is 23.5. The Labute approximate surface area is 728 Å². The van der Waals surface area contributed by atoms with Crippen molar-refractivity contribution in [2.75, 3.05) is 157 Å². The number of aryl methyl sites for hydroxylation is 6. The number of aliphatic hydroxyl groups is 1. The van der Waals surface area contributed by atoms with Crippen molar-refractivity contribution < 1.29 is 119 Å². The van der Waals surface area contributed by atoms with Crippen LogP contribution in [0.5, 0.6) is 0 Å². The van der Waals surface area contributed by atoms with E-state index in [9.17, 15) is 33.6 Å². The number of halogens is 1. The Morgan fingerprint density at radius 1 is 0.430 bits per heavy atom. The van der Waals surface area contributed by atoms with Gasteiger partial charge in [0.15, 0.2) is 5.71 Å². The molecule has 0 aliphatic carbocycles. The molecule has 2 atom stereocenters. The Morgan fingerprint density at radius 2 is 0.711 bits per heavy atom. The molecular weight excluding hydrogens is 1570 g/mol. The summed E-state index contributed by atoms with van der Waals surface area (Å²) in [5.41, 5.74) is 21.6. The summed E-state index contributed by atoms with van der Waals surface area (Å²) in [6.45, 7) is 16.2. The second kappa shape index (κ2) is 76.1. The maximum atomic E-state index is 11.8. The minimum atomic E-state index is -1.08. The Kier molecular flexibility index (Phi) is 78.8. The maximum Gasteiger partial charge on any atom is 1.00 e. The number of carbonyl (C=O) groups is 7. The molecule has 3 radical (unpaired) electrons. The molecule has 27 heteroatoms. The summed E-state index contributed by atoms with van der Waals surface area (Å²) in [4.78, 5) is 88.6. The number of nitrogens with one attached hydrogen (secondary N) is 1. The summed E-state index contributed by atoms with van der Waals surface area (Å²) in [6, 6.07) is 50.7. The molecule has 0 saturated heterocycles. The van der Waals surface area contributed by atoms with E-state index in [2.05, 4.69) is 153 Å². The van der Waals surface area contributed by atoms with Crippen molar-refractivity contribution in [3.8, 4) is 0 Å². The third-order valence-electron chi connectivity index (χ3n) is 15.6. The van der Waals surface area contributed by atoms with Crippen molar-refractivity contribution in [1.82, 2.24) is 29.8 Å². The molecule has 114 heavy (non-hydrogen) atoms. The van der Waals surface area contributed by atoms with Crippen LogP contribution >= 0.6 is 11.6 Å². The molecule has 2 unspecified atom stereocenters. The van der Waals surface area contributed by atoms with Gasteiger partial charge in [0.25, 0.3) is 5.78 Å². The van der Waals surface area contributed by atoms with Crippen molar-refractivity contribution in [2.24, 2.45) is 16.6 Å². The van der Waals surface area contributed by atoms with E-state index in [0.29, 0.717) is 24.3 Å². The number of nitrogens with zero attached hydrogens (tertiary/aromatic N) is 6. The molecule has 635 valence electrons. The summed E-state index contributed by atoms with van der Waals surface area (Å²) in [5.74, 6) is -3.58. The third-order valence-corrected chi connectivity index (χ3v) is 15.8. The molecule has 7 N–H and O–H groups in total. The van der Waals surface area contributed by atoms with Gasteiger partial charge in [0.05, 0.1) is 33.0 Å². The molecule has 6 aromatic rings. The Hall–Kier alpha value is -6.86. The van der Waals surface area contributed by atoms with Gasteiger partial charge in [-0.1, -0.05) is 163 Å². The monoisotopic (exact) mass is 1710 g/mol. The average molecular weight is 1710 g/mol. The van der Waals surface area contributed by atoms with Gasteiger partial charge in [0, 0.05) is 47.1 Å². The number of hydrogen-bond acceptors (Lipinski definition) is 23. The molecule has 0 heterocycles. The number of benzene rings is 6. The van der Waals surface area contributed by atoms with E-state index in [-0.39, 0.29) is 111 Å². The second-order valence-electron chi connectivity index (χ2n) is 26.2. The van der Waals surface area contributed by atoms with Gasteiger partial charge < -0.3 is 84.1 Å². The Morgan fingerprint density at radius 3 is 1.00 bits per heavy atom. The zero-order valence-corrected chi connectivity index (χ0v) is 76.1. The number of hydrogen-bond donors (Lipinski definition) is 5. The van der Waals surface area contributed by atoms with E-state index in [1.807, 2.05) is 102 Å². The van der Waals surface area contributed by atoms with Gasteiger partial charge in [0.2, 0.25) is 0 Å². The van der Waals surface area contributed by atoms with Gasteiger partial charge in [-0.25, -0.2) is 24.0 Å².